The molecular formula is C18H17ClN2OS. The van der Waals surface area contributed by atoms with Gasteiger partial charge in [-0.3, -0.25) is 0 Å². The molecule has 0 saturated carbocycles. The van der Waals surface area contributed by atoms with Crippen LogP contribution >= 0.6 is 22.9 Å². The predicted octanol–water partition coefficient (Wildman–Crippen LogP) is 4.40. The second-order valence-electron chi connectivity index (χ2n) is 5.21. The number of halogens is 1. The van der Waals surface area contributed by atoms with Crippen LogP contribution in [0, 0.1) is 6.92 Å². The molecule has 0 aliphatic rings. The summed E-state index contributed by atoms with van der Waals surface area (Å²) >= 11 is 7.87. The molecule has 0 radical (unpaired) electrons. The fourth-order valence-electron chi connectivity index (χ4n) is 2.43. The summed E-state index contributed by atoms with van der Waals surface area (Å²) in [5.41, 5.74) is 4.00. The van der Waals surface area contributed by atoms with Gasteiger partial charge in [-0.2, -0.15) is 0 Å². The quantitative estimate of drug-likeness (QED) is 0.748. The first-order chi connectivity index (χ1) is 11.2. The third kappa shape index (κ3) is 3.55. The average molecular weight is 345 g/mol. The standard InChI is InChI=1S/C18H17ClN2OS/c1-13-5-4-6-14(11-13)20-18-21(9-10-22)17(12-23-18)15-7-2-3-8-16(15)19/h2-8,11-12,22H,9-10H2,1H3. The van der Waals surface area contributed by atoms with E-state index in [-0.39, 0.29) is 6.61 Å². The molecule has 0 bridgehead atoms. The monoisotopic (exact) mass is 344 g/mol. The summed E-state index contributed by atoms with van der Waals surface area (Å²) in [6.07, 6.45) is 0. The van der Waals surface area contributed by atoms with Crippen LogP contribution < -0.4 is 4.80 Å². The Bertz CT molecular complexity index is 882. The van der Waals surface area contributed by atoms with Crippen molar-refractivity contribution in [3.63, 3.8) is 0 Å². The maximum atomic E-state index is 9.42. The molecule has 0 fully saturated rings. The van der Waals surface area contributed by atoms with Crippen LogP contribution in [0.1, 0.15) is 5.56 Å². The van der Waals surface area contributed by atoms with Gasteiger partial charge in [-0.25, -0.2) is 4.99 Å². The van der Waals surface area contributed by atoms with Gasteiger partial charge >= 0.3 is 0 Å². The number of aromatic nitrogens is 1. The van der Waals surface area contributed by atoms with Crippen LogP contribution in [0.2, 0.25) is 5.02 Å². The largest absolute Gasteiger partial charge is 0.395 e. The number of aliphatic hydroxyl groups is 1. The summed E-state index contributed by atoms with van der Waals surface area (Å²) in [6.45, 7) is 2.58. The molecule has 5 heteroatoms. The van der Waals surface area contributed by atoms with Crippen LogP contribution in [-0.2, 0) is 6.54 Å². The highest BCUT2D eigenvalue weighted by molar-refractivity contribution is 7.07. The van der Waals surface area contributed by atoms with E-state index in [9.17, 15) is 5.11 Å². The Morgan fingerprint density at radius 1 is 1.17 bits per heavy atom. The Morgan fingerprint density at radius 2 is 2.00 bits per heavy atom. The molecular weight excluding hydrogens is 328 g/mol. The molecule has 1 N–H and O–H groups in total. The Labute approximate surface area is 144 Å². The third-order valence-corrected chi connectivity index (χ3v) is 4.69. The van der Waals surface area contributed by atoms with Crippen LogP contribution in [0.4, 0.5) is 5.69 Å². The molecule has 1 heterocycles. The smallest absolute Gasteiger partial charge is 0.190 e. The molecule has 0 aliphatic heterocycles. The molecule has 23 heavy (non-hydrogen) atoms. The highest BCUT2D eigenvalue weighted by Crippen LogP contribution is 2.28. The molecule has 0 atom stereocenters. The van der Waals surface area contributed by atoms with E-state index in [4.69, 9.17) is 16.6 Å². The Balaban J connectivity index is 2.15. The van der Waals surface area contributed by atoms with E-state index in [1.807, 2.05) is 65.4 Å². The summed E-state index contributed by atoms with van der Waals surface area (Å²) in [4.78, 5) is 5.57. The van der Waals surface area contributed by atoms with Gasteiger partial charge in [0.25, 0.3) is 0 Å². The van der Waals surface area contributed by atoms with Crippen molar-refractivity contribution in [3.05, 3.63) is 69.3 Å². The lowest BCUT2D eigenvalue weighted by Crippen LogP contribution is -2.18. The van der Waals surface area contributed by atoms with Crippen LogP contribution in [0.5, 0.6) is 0 Å². The van der Waals surface area contributed by atoms with Crippen LogP contribution in [0.3, 0.4) is 0 Å². The number of aryl methyl sites for hydroxylation is 1. The zero-order chi connectivity index (χ0) is 16.2. The van der Waals surface area contributed by atoms with Gasteiger partial charge in [0.05, 0.1) is 18.0 Å². The maximum absolute atomic E-state index is 9.42. The summed E-state index contributed by atoms with van der Waals surface area (Å²) in [5, 5.41) is 12.1. The van der Waals surface area contributed by atoms with E-state index < -0.39 is 0 Å². The second kappa shape index (κ2) is 7.13. The molecule has 3 nitrogen and oxygen atoms in total. The van der Waals surface area contributed by atoms with E-state index >= 15 is 0 Å². The van der Waals surface area contributed by atoms with Gasteiger partial charge < -0.3 is 9.67 Å². The van der Waals surface area contributed by atoms with Crippen LogP contribution in [-0.4, -0.2) is 16.3 Å². The van der Waals surface area contributed by atoms with E-state index in [0.29, 0.717) is 11.6 Å². The number of hydrogen-bond donors (Lipinski definition) is 1. The lowest BCUT2D eigenvalue weighted by atomic mass is 10.2. The Hall–Kier alpha value is -1.88. The summed E-state index contributed by atoms with van der Waals surface area (Å²) < 4.78 is 2.01. The van der Waals surface area contributed by atoms with E-state index in [1.54, 1.807) is 11.3 Å². The van der Waals surface area contributed by atoms with Gasteiger partial charge in [0.1, 0.15) is 0 Å². The molecule has 0 unspecified atom stereocenters. The van der Waals surface area contributed by atoms with E-state index in [1.165, 1.54) is 5.56 Å². The van der Waals surface area contributed by atoms with Crippen LogP contribution in [0.15, 0.2) is 58.9 Å². The predicted molar refractivity (Wildman–Crippen MR) is 96.2 cm³/mol. The molecule has 3 rings (SSSR count). The van der Waals surface area contributed by atoms with Crippen molar-refractivity contribution in [1.82, 2.24) is 4.57 Å². The third-order valence-electron chi connectivity index (χ3n) is 3.50. The fourth-order valence-corrected chi connectivity index (χ4v) is 3.61. The second-order valence-corrected chi connectivity index (χ2v) is 6.45. The molecule has 0 spiro atoms. The van der Waals surface area contributed by atoms with Gasteiger partial charge in [0, 0.05) is 22.5 Å². The summed E-state index contributed by atoms with van der Waals surface area (Å²) in [6, 6.07) is 15.8. The number of benzene rings is 2. The van der Waals surface area contributed by atoms with E-state index in [0.717, 1.165) is 21.7 Å². The van der Waals surface area contributed by atoms with Crippen molar-refractivity contribution in [3.8, 4) is 11.3 Å². The van der Waals surface area contributed by atoms with Gasteiger partial charge in [-0.1, -0.05) is 41.9 Å². The first-order valence-corrected chi connectivity index (χ1v) is 8.60. The first kappa shape index (κ1) is 16.0. The number of rotatable bonds is 4. The van der Waals surface area contributed by atoms with Gasteiger partial charge in [0.2, 0.25) is 0 Å². The van der Waals surface area contributed by atoms with E-state index in [2.05, 4.69) is 0 Å². The number of thiazole rings is 1. The zero-order valence-electron chi connectivity index (χ0n) is 12.7. The zero-order valence-corrected chi connectivity index (χ0v) is 14.3. The topological polar surface area (TPSA) is 37.5 Å². The number of nitrogens with zero attached hydrogens (tertiary/aromatic N) is 2. The first-order valence-electron chi connectivity index (χ1n) is 7.34. The summed E-state index contributed by atoms with van der Waals surface area (Å²) in [5.74, 6) is 0. The molecule has 3 aromatic rings. The maximum Gasteiger partial charge on any atom is 0.190 e. The Kier molecular flexibility index (Phi) is 4.96. The lowest BCUT2D eigenvalue weighted by Gasteiger charge is -2.08. The van der Waals surface area contributed by atoms with Crippen molar-refractivity contribution in [2.24, 2.45) is 4.99 Å². The van der Waals surface area contributed by atoms with Crippen LogP contribution in [0.25, 0.3) is 11.3 Å². The van der Waals surface area contributed by atoms with Crippen molar-refractivity contribution in [2.75, 3.05) is 6.61 Å². The molecule has 2 aromatic carbocycles. The minimum atomic E-state index is 0.0508. The molecule has 1 aromatic heterocycles. The molecule has 0 aliphatic carbocycles. The number of hydrogen-bond acceptors (Lipinski definition) is 3. The highest BCUT2D eigenvalue weighted by Gasteiger charge is 2.10. The number of aliphatic hydroxyl groups excluding tert-OH is 1. The minimum Gasteiger partial charge on any atom is -0.395 e. The SMILES string of the molecule is Cc1cccc(N=c2scc(-c3ccccc3Cl)n2CCO)c1. The molecule has 0 amide bonds. The van der Waals surface area contributed by atoms with Crippen molar-refractivity contribution in [2.45, 2.75) is 13.5 Å². The molecule has 0 saturated heterocycles. The summed E-state index contributed by atoms with van der Waals surface area (Å²) in [7, 11) is 0. The average Bonchev–Trinajstić information content (AvgIpc) is 2.91. The Morgan fingerprint density at radius 3 is 2.74 bits per heavy atom. The van der Waals surface area contributed by atoms with Crippen molar-refractivity contribution in [1.29, 1.82) is 0 Å². The lowest BCUT2D eigenvalue weighted by molar-refractivity contribution is 0.275. The van der Waals surface area contributed by atoms with Gasteiger partial charge in [0.15, 0.2) is 4.80 Å². The van der Waals surface area contributed by atoms with Crippen molar-refractivity contribution < 1.29 is 5.11 Å². The highest BCUT2D eigenvalue weighted by atomic mass is 35.5. The van der Waals surface area contributed by atoms with Gasteiger partial charge in [-0.05, 0) is 30.7 Å². The van der Waals surface area contributed by atoms with Gasteiger partial charge in [-0.15, -0.1) is 11.3 Å². The minimum absolute atomic E-state index is 0.0508. The van der Waals surface area contributed by atoms with Crippen molar-refractivity contribution >= 4 is 28.6 Å². The fraction of sp³-hybridized carbons (Fsp3) is 0.167. The molecule has 118 valence electrons. The normalized spacial score (nSPS) is 11.9.